The topological polar surface area (TPSA) is 58.2 Å². The molecule has 0 aliphatic heterocycles. The maximum Gasteiger partial charge on any atom is 0.402 e. The highest BCUT2D eigenvalue weighted by molar-refractivity contribution is 7.89. The number of nitrogens with one attached hydrogen (secondary N) is 2. The third-order valence-electron chi connectivity index (χ3n) is 2.85. The summed E-state index contributed by atoms with van der Waals surface area (Å²) < 4.78 is 62.1. The van der Waals surface area contributed by atoms with Crippen molar-refractivity contribution < 1.29 is 21.6 Å². The number of hydrogen-bond donors (Lipinski definition) is 2. The summed E-state index contributed by atoms with van der Waals surface area (Å²) in [5.74, 6) is 0. The van der Waals surface area contributed by atoms with Gasteiger partial charge in [-0.05, 0) is 30.7 Å². The van der Waals surface area contributed by atoms with E-state index in [0.29, 0.717) is 23.0 Å². The average Bonchev–Trinajstić information content (AvgIpc) is 3.06. The number of rotatable bonds is 6. The summed E-state index contributed by atoms with van der Waals surface area (Å²) >= 11 is 1.24. The molecule has 0 aromatic carbocycles. The third kappa shape index (κ3) is 4.18. The van der Waals surface area contributed by atoms with E-state index in [-0.39, 0.29) is 4.90 Å². The fourth-order valence-corrected chi connectivity index (χ4v) is 4.52. The van der Waals surface area contributed by atoms with Crippen LogP contribution in [0.15, 0.2) is 10.3 Å². The first-order chi connectivity index (χ1) is 9.19. The van der Waals surface area contributed by atoms with E-state index >= 15 is 0 Å². The predicted octanol–water partition coefficient (Wildman–Crippen LogP) is 2.15. The fraction of sp³-hybridized carbons (Fsp3) is 0.636. The monoisotopic (exact) mass is 328 g/mol. The van der Waals surface area contributed by atoms with Crippen molar-refractivity contribution in [2.75, 3.05) is 6.54 Å². The van der Waals surface area contributed by atoms with Crippen molar-refractivity contribution >= 4 is 21.4 Å². The van der Waals surface area contributed by atoms with Gasteiger partial charge in [0, 0.05) is 17.5 Å². The average molecular weight is 328 g/mol. The summed E-state index contributed by atoms with van der Waals surface area (Å²) in [4.78, 5) is 0.518. The van der Waals surface area contributed by atoms with Gasteiger partial charge in [0.25, 0.3) is 0 Å². The second-order valence-corrected chi connectivity index (χ2v) is 7.43. The van der Waals surface area contributed by atoms with Crippen molar-refractivity contribution in [3.63, 3.8) is 0 Å². The summed E-state index contributed by atoms with van der Waals surface area (Å²) in [5.41, 5.74) is 0.470. The molecule has 1 aliphatic carbocycles. The molecule has 0 atom stereocenters. The van der Waals surface area contributed by atoms with E-state index in [4.69, 9.17) is 0 Å². The summed E-state index contributed by atoms with van der Waals surface area (Å²) in [7, 11) is -4.14. The van der Waals surface area contributed by atoms with Gasteiger partial charge in [-0.25, -0.2) is 13.1 Å². The Hall–Kier alpha value is -0.640. The molecule has 0 bridgehead atoms. The summed E-state index contributed by atoms with van der Waals surface area (Å²) in [6, 6.07) is 0.399. The lowest BCUT2D eigenvalue weighted by Gasteiger charge is -2.11. The predicted molar refractivity (Wildman–Crippen MR) is 70.2 cm³/mol. The number of alkyl halides is 3. The van der Waals surface area contributed by atoms with E-state index in [0.717, 1.165) is 12.8 Å². The second kappa shape index (κ2) is 5.63. The van der Waals surface area contributed by atoms with Gasteiger partial charge in [0.15, 0.2) is 0 Å². The highest BCUT2D eigenvalue weighted by atomic mass is 32.2. The van der Waals surface area contributed by atoms with Crippen LogP contribution in [0.1, 0.15) is 23.3 Å². The molecule has 114 valence electrons. The maximum atomic E-state index is 12.2. The largest absolute Gasteiger partial charge is 0.402 e. The molecular weight excluding hydrogens is 313 g/mol. The van der Waals surface area contributed by atoms with Crippen molar-refractivity contribution in [3.05, 3.63) is 15.8 Å². The van der Waals surface area contributed by atoms with Crippen LogP contribution < -0.4 is 10.0 Å². The fourth-order valence-electron chi connectivity index (χ4n) is 1.74. The van der Waals surface area contributed by atoms with Crippen LogP contribution in [0.3, 0.4) is 0 Å². The Balaban J connectivity index is 2.14. The minimum Gasteiger partial charge on any atom is -0.309 e. The lowest BCUT2D eigenvalue weighted by atomic mass is 10.3. The molecule has 0 radical (unpaired) electrons. The Morgan fingerprint density at radius 2 is 2.05 bits per heavy atom. The van der Waals surface area contributed by atoms with Crippen LogP contribution in [-0.4, -0.2) is 27.2 Å². The highest BCUT2D eigenvalue weighted by Gasteiger charge is 2.32. The van der Waals surface area contributed by atoms with Crippen molar-refractivity contribution in [2.24, 2.45) is 0 Å². The number of aryl methyl sites for hydroxylation is 1. The molecule has 2 N–H and O–H groups in total. The molecule has 0 unspecified atom stereocenters. The summed E-state index contributed by atoms with van der Waals surface area (Å²) in [6.07, 6.45) is -2.46. The molecular formula is C11H15F3N2O2S2. The van der Waals surface area contributed by atoms with Crippen LogP contribution in [0.5, 0.6) is 0 Å². The quantitative estimate of drug-likeness (QED) is 0.841. The van der Waals surface area contributed by atoms with Gasteiger partial charge in [0.1, 0.15) is 11.4 Å². The van der Waals surface area contributed by atoms with E-state index in [1.165, 1.54) is 11.3 Å². The van der Waals surface area contributed by atoms with E-state index in [2.05, 4.69) is 5.32 Å². The van der Waals surface area contributed by atoms with Crippen LogP contribution in [0.25, 0.3) is 0 Å². The lowest BCUT2D eigenvalue weighted by Crippen LogP contribution is -2.34. The minimum absolute atomic E-state index is 0.0279. The zero-order chi connectivity index (χ0) is 15.0. The SMILES string of the molecule is Cc1csc(CNC2CC2)c1S(=O)(=O)NCC(F)(F)F. The van der Waals surface area contributed by atoms with Gasteiger partial charge in [-0.15, -0.1) is 11.3 Å². The molecule has 1 fully saturated rings. The van der Waals surface area contributed by atoms with Crippen LogP contribution in [-0.2, 0) is 16.6 Å². The van der Waals surface area contributed by atoms with Gasteiger partial charge in [-0.2, -0.15) is 13.2 Å². The van der Waals surface area contributed by atoms with Gasteiger partial charge >= 0.3 is 6.18 Å². The Morgan fingerprint density at radius 3 is 2.60 bits per heavy atom. The molecule has 0 saturated heterocycles. The number of hydrogen-bond acceptors (Lipinski definition) is 4. The van der Waals surface area contributed by atoms with Gasteiger partial charge in [-0.1, -0.05) is 0 Å². The van der Waals surface area contributed by atoms with Crippen LogP contribution in [0.4, 0.5) is 13.2 Å². The highest BCUT2D eigenvalue weighted by Crippen LogP contribution is 2.28. The smallest absolute Gasteiger partial charge is 0.309 e. The van der Waals surface area contributed by atoms with Gasteiger partial charge in [-0.3, -0.25) is 0 Å². The van der Waals surface area contributed by atoms with Crippen molar-refractivity contribution in [1.29, 1.82) is 0 Å². The molecule has 0 amide bonds. The van der Waals surface area contributed by atoms with E-state index in [1.54, 1.807) is 17.0 Å². The number of halogens is 3. The van der Waals surface area contributed by atoms with Crippen LogP contribution >= 0.6 is 11.3 Å². The Bertz CT molecular complexity index is 577. The lowest BCUT2D eigenvalue weighted by molar-refractivity contribution is -0.121. The molecule has 20 heavy (non-hydrogen) atoms. The molecule has 1 heterocycles. The summed E-state index contributed by atoms with van der Waals surface area (Å²) in [6.45, 7) is 0.394. The van der Waals surface area contributed by atoms with Crippen molar-refractivity contribution in [3.8, 4) is 0 Å². The standard InChI is InChI=1S/C11H15F3N2O2S2/c1-7-5-19-9(4-15-8-2-3-8)10(7)20(17,18)16-6-11(12,13)14/h5,8,15-16H,2-4,6H2,1H3. The van der Waals surface area contributed by atoms with Gasteiger partial charge < -0.3 is 5.32 Å². The van der Waals surface area contributed by atoms with Crippen molar-refractivity contribution in [2.45, 2.75) is 43.4 Å². The molecule has 1 saturated carbocycles. The number of thiophene rings is 1. The number of sulfonamides is 1. The molecule has 1 aromatic heterocycles. The molecule has 1 aromatic rings. The first-order valence-electron chi connectivity index (χ1n) is 6.06. The zero-order valence-corrected chi connectivity index (χ0v) is 12.4. The molecule has 0 spiro atoms. The Labute approximate surface area is 119 Å². The first-order valence-corrected chi connectivity index (χ1v) is 8.42. The van der Waals surface area contributed by atoms with E-state index < -0.39 is 22.7 Å². The summed E-state index contributed by atoms with van der Waals surface area (Å²) in [5, 5.41) is 4.81. The third-order valence-corrected chi connectivity index (χ3v) is 5.71. The Morgan fingerprint density at radius 1 is 1.40 bits per heavy atom. The van der Waals surface area contributed by atoms with Crippen LogP contribution in [0, 0.1) is 6.92 Å². The van der Waals surface area contributed by atoms with E-state index in [9.17, 15) is 21.6 Å². The Kier molecular flexibility index (Phi) is 4.43. The minimum atomic E-state index is -4.57. The van der Waals surface area contributed by atoms with E-state index in [1.807, 2.05) is 0 Å². The molecule has 4 nitrogen and oxygen atoms in total. The molecule has 1 aliphatic rings. The van der Waals surface area contributed by atoms with Crippen molar-refractivity contribution in [1.82, 2.24) is 10.0 Å². The van der Waals surface area contributed by atoms with Crippen LogP contribution in [0.2, 0.25) is 0 Å². The van der Waals surface area contributed by atoms with Gasteiger partial charge in [0.05, 0.1) is 0 Å². The molecule has 2 rings (SSSR count). The second-order valence-electron chi connectivity index (χ2n) is 4.77. The maximum absolute atomic E-state index is 12.2. The zero-order valence-electron chi connectivity index (χ0n) is 10.8. The normalized spacial score (nSPS) is 16.6. The molecule has 9 heteroatoms. The first kappa shape index (κ1) is 15.7. The van der Waals surface area contributed by atoms with Gasteiger partial charge in [0.2, 0.25) is 10.0 Å².